The molecule has 13 heavy (non-hydrogen) atoms. The number of rotatable bonds is 5. The SMILES string of the molecule is CCNC(C)(C)C(=O)NCC(N)=O. The van der Waals surface area contributed by atoms with E-state index >= 15 is 0 Å². The van der Waals surface area contributed by atoms with Crippen molar-refractivity contribution in [3.8, 4) is 0 Å². The van der Waals surface area contributed by atoms with Crippen LogP contribution >= 0.6 is 0 Å². The second-order valence-corrected chi connectivity index (χ2v) is 3.30. The Balaban J connectivity index is 4.01. The van der Waals surface area contributed by atoms with Gasteiger partial charge in [-0.1, -0.05) is 6.92 Å². The van der Waals surface area contributed by atoms with Crippen molar-refractivity contribution < 1.29 is 9.59 Å². The lowest BCUT2D eigenvalue weighted by atomic mass is 10.0. The molecule has 0 atom stereocenters. The molecule has 0 saturated heterocycles. The van der Waals surface area contributed by atoms with Crippen LogP contribution in [0.25, 0.3) is 0 Å². The summed E-state index contributed by atoms with van der Waals surface area (Å²) in [6.45, 7) is 5.97. The summed E-state index contributed by atoms with van der Waals surface area (Å²) >= 11 is 0. The molecule has 0 radical (unpaired) electrons. The summed E-state index contributed by atoms with van der Waals surface area (Å²) in [4.78, 5) is 21.8. The van der Waals surface area contributed by atoms with Crippen LogP contribution in [0.2, 0.25) is 0 Å². The van der Waals surface area contributed by atoms with Crippen LogP contribution in [-0.2, 0) is 9.59 Å². The molecule has 0 rings (SSSR count). The minimum Gasteiger partial charge on any atom is -0.368 e. The highest BCUT2D eigenvalue weighted by molar-refractivity contribution is 5.89. The lowest BCUT2D eigenvalue weighted by Gasteiger charge is -2.23. The number of carbonyl (C=O) groups is 2. The number of nitrogens with one attached hydrogen (secondary N) is 2. The van der Waals surface area contributed by atoms with Gasteiger partial charge >= 0.3 is 0 Å². The summed E-state index contributed by atoms with van der Waals surface area (Å²) in [6, 6.07) is 0. The quantitative estimate of drug-likeness (QED) is 0.515. The first-order valence-corrected chi connectivity index (χ1v) is 4.21. The average molecular weight is 187 g/mol. The van der Waals surface area contributed by atoms with E-state index in [1.807, 2.05) is 6.92 Å². The summed E-state index contributed by atoms with van der Waals surface area (Å²) in [6.07, 6.45) is 0. The Morgan fingerprint density at radius 1 is 1.38 bits per heavy atom. The maximum Gasteiger partial charge on any atom is 0.240 e. The fourth-order valence-corrected chi connectivity index (χ4v) is 0.911. The van der Waals surface area contributed by atoms with Crippen molar-refractivity contribution in [2.24, 2.45) is 5.73 Å². The first-order valence-electron chi connectivity index (χ1n) is 4.21. The van der Waals surface area contributed by atoms with Crippen molar-refractivity contribution >= 4 is 11.8 Å². The van der Waals surface area contributed by atoms with Gasteiger partial charge in [0.1, 0.15) is 0 Å². The Labute approximate surface area is 78.1 Å². The zero-order valence-corrected chi connectivity index (χ0v) is 8.31. The fourth-order valence-electron chi connectivity index (χ4n) is 0.911. The highest BCUT2D eigenvalue weighted by Gasteiger charge is 2.25. The molecular weight excluding hydrogens is 170 g/mol. The Kier molecular flexibility index (Phi) is 4.40. The Hall–Kier alpha value is -1.10. The van der Waals surface area contributed by atoms with Crippen molar-refractivity contribution in [1.29, 1.82) is 0 Å². The van der Waals surface area contributed by atoms with E-state index in [4.69, 9.17) is 5.73 Å². The van der Waals surface area contributed by atoms with Crippen molar-refractivity contribution in [1.82, 2.24) is 10.6 Å². The topological polar surface area (TPSA) is 84.2 Å². The van der Waals surface area contributed by atoms with Gasteiger partial charge in [-0.3, -0.25) is 9.59 Å². The van der Waals surface area contributed by atoms with E-state index in [1.54, 1.807) is 13.8 Å². The van der Waals surface area contributed by atoms with Crippen molar-refractivity contribution in [3.05, 3.63) is 0 Å². The van der Waals surface area contributed by atoms with E-state index in [1.165, 1.54) is 0 Å². The average Bonchev–Trinajstić information content (AvgIpc) is 1.99. The Bertz CT molecular complexity index is 202. The molecule has 0 aromatic rings. The van der Waals surface area contributed by atoms with Crippen LogP contribution in [0.4, 0.5) is 0 Å². The first-order chi connectivity index (χ1) is 5.90. The summed E-state index contributed by atoms with van der Waals surface area (Å²) in [5, 5.41) is 5.41. The van der Waals surface area contributed by atoms with Gasteiger partial charge in [0.2, 0.25) is 11.8 Å². The third-order valence-electron chi connectivity index (χ3n) is 1.61. The highest BCUT2D eigenvalue weighted by atomic mass is 16.2. The van der Waals surface area contributed by atoms with E-state index < -0.39 is 11.4 Å². The highest BCUT2D eigenvalue weighted by Crippen LogP contribution is 2.00. The largest absolute Gasteiger partial charge is 0.368 e. The maximum absolute atomic E-state index is 11.4. The van der Waals surface area contributed by atoms with E-state index in [-0.39, 0.29) is 12.5 Å². The molecule has 0 aliphatic heterocycles. The van der Waals surface area contributed by atoms with Crippen molar-refractivity contribution in [2.75, 3.05) is 13.1 Å². The van der Waals surface area contributed by atoms with Crippen LogP contribution in [0.15, 0.2) is 0 Å². The van der Waals surface area contributed by atoms with Crippen molar-refractivity contribution in [2.45, 2.75) is 26.3 Å². The first kappa shape index (κ1) is 11.9. The molecule has 2 amide bonds. The van der Waals surface area contributed by atoms with Gasteiger partial charge in [-0.25, -0.2) is 0 Å². The number of likely N-dealkylation sites (N-methyl/N-ethyl adjacent to an activating group) is 1. The molecule has 0 aliphatic rings. The van der Waals surface area contributed by atoms with Gasteiger partial charge in [-0.05, 0) is 20.4 Å². The number of hydrogen-bond acceptors (Lipinski definition) is 3. The van der Waals surface area contributed by atoms with Crippen LogP contribution < -0.4 is 16.4 Å². The minimum absolute atomic E-state index is 0.117. The molecule has 0 bridgehead atoms. The number of carbonyl (C=O) groups excluding carboxylic acids is 2. The Morgan fingerprint density at radius 2 is 1.92 bits per heavy atom. The van der Waals surface area contributed by atoms with E-state index in [2.05, 4.69) is 10.6 Å². The van der Waals surface area contributed by atoms with E-state index in [0.717, 1.165) is 0 Å². The van der Waals surface area contributed by atoms with E-state index in [0.29, 0.717) is 6.54 Å². The van der Waals surface area contributed by atoms with Crippen LogP contribution in [0, 0.1) is 0 Å². The maximum atomic E-state index is 11.4. The summed E-state index contributed by atoms with van der Waals surface area (Å²) in [7, 11) is 0. The van der Waals surface area contributed by atoms with Gasteiger partial charge < -0.3 is 16.4 Å². The standard InChI is InChI=1S/C8H17N3O2/c1-4-11-8(2,3)7(13)10-5-6(9)12/h11H,4-5H2,1-3H3,(H2,9,12)(H,10,13). The van der Waals surface area contributed by atoms with Gasteiger partial charge in [0, 0.05) is 0 Å². The van der Waals surface area contributed by atoms with Gasteiger partial charge in [-0.15, -0.1) is 0 Å². The van der Waals surface area contributed by atoms with E-state index in [9.17, 15) is 9.59 Å². The van der Waals surface area contributed by atoms with Crippen LogP contribution in [-0.4, -0.2) is 30.4 Å². The van der Waals surface area contributed by atoms with Crippen molar-refractivity contribution in [3.63, 3.8) is 0 Å². The number of hydrogen-bond donors (Lipinski definition) is 3. The molecule has 0 aromatic heterocycles. The predicted octanol–water partition coefficient (Wildman–Crippen LogP) is -1.02. The second-order valence-electron chi connectivity index (χ2n) is 3.30. The predicted molar refractivity (Wildman–Crippen MR) is 50.0 cm³/mol. The molecule has 0 heterocycles. The third-order valence-corrected chi connectivity index (χ3v) is 1.61. The van der Waals surface area contributed by atoms with Gasteiger partial charge in [-0.2, -0.15) is 0 Å². The smallest absolute Gasteiger partial charge is 0.240 e. The zero-order chi connectivity index (χ0) is 10.5. The third kappa shape index (κ3) is 4.47. The van der Waals surface area contributed by atoms with Crippen LogP contribution in [0.1, 0.15) is 20.8 Å². The molecule has 0 saturated carbocycles. The molecule has 0 fully saturated rings. The summed E-state index contributed by atoms with van der Waals surface area (Å²) in [5.41, 5.74) is 4.22. The summed E-state index contributed by atoms with van der Waals surface area (Å²) < 4.78 is 0. The lowest BCUT2D eigenvalue weighted by Crippen LogP contribution is -2.53. The lowest BCUT2D eigenvalue weighted by molar-refractivity contribution is -0.128. The van der Waals surface area contributed by atoms with Crippen LogP contribution in [0.3, 0.4) is 0 Å². The number of primary amides is 1. The van der Waals surface area contributed by atoms with Crippen LogP contribution in [0.5, 0.6) is 0 Å². The molecule has 0 unspecified atom stereocenters. The summed E-state index contributed by atoms with van der Waals surface area (Å²) in [5.74, 6) is -0.770. The second kappa shape index (κ2) is 4.81. The fraction of sp³-hybridized carbons (Fsp3) is 0.750. The molecular formula is C8H17N3O2. The molecule has 0 aliphatic carbocycles. The molecule has 0 spiro atoms. The molecule has 5 nitrogen and oxygen atoms in total. The monoisotopic (exact) mass is 187 g/mol. The minimum atomic E-state index is -0.662. The zero-order valence-electron chi connectivity index (χ0n) is 8.31. The molecule has 0 aromatic carbocycles. The molecule has 5 heteroatoms. The molecule has 76 valence electrons. The normalized spacial score (nSPS) is 11.0. The Morgan fingerprint density at radius 3 is 2.31 bits per heavy atom. The number of amides is 2. The molecule has 4 N–H and O–H groups in total. The van der Waals surface area contributed by atoms with Gasteiger partial charge in [0.25, 0.3) is 0 Å². The van der Waals surface area contributed by atoms with Gasteiger partial charge in [0.15, 0.2) is 0 Å². The number of nitrogens with two attached hydrogens (primary N) is 1. The van der Waals surface area contributed by atoms with Gasteiger partial charge in [0.05, 0.1) is 12.1 Å².